The van der Waals surface area contributed by atoms with E-state index in [1.165, 1.54) is 0 Å². The highest BCUT2D eigenvalue weighted by molar-refractivity contribution is 7.15. The van der Waals surface area contributed by atoms with Crippen LogP contribution in [0.1, 0.15) is 5.01 Å². The number of thiazole rings is 1. The van der Waals surface area contributed by atoms with E-state index < -0.39 is 0 Å². The van der Waals surface area contributed by atoms with Gasteiger partial charge in [-0.3, -0.25) is 14.8 Å². The normalized spacial score (nSPS) is 11.4. The Balaban J connectivity index is 1.65. The van der Waals surface area contributed by atoms with Gasteiger partial charge in [-0.1, -0.05) is 17.7 Å². The molecule has 0 fully saturated rings. The van der Waals surface area contributed by atoms with Gasteiger partial charge in [0.2, 0.25) is 0 Å². The van der Waals surface area contributed by atoms with Crippen molar-refractivity contribution >= 4 is 44.9 Å². The van der Waals surface area contributed by atoms with Crippen molar-refractivity contribution in [3.63, 3.8) is 0 Å². The average molecular weight is 482 g/mol. The number of rotatable bonds is 3. The zero-order valence-corrected chi connectivity index (χ0v) is 19.5. The monoisotopic (exact) mass is 481 g/mol. The third kappa shape index (κ3) is 3.55. The number of aromatic amines is 1. The Morgan fingerprint density at radius 2 is 1.74 bits per heavy atom. The maximum atomic E-state index is 12.9. The molecule has 0 amide bonds. The fourth-order valence-corrected chi connectivity index (χ4v) is 5.12. The van der Waals surface area contributed by atoms with Gasteiger partial charge >= 0.3 is 0 Å². The molecule has 6 aromatic rings. The number of benzene rings is 1. The summed E-state index contributed by atoms with van der Waals surface area (Å²) in [5.41, 5.74) is 4.97. The molecule has 0 aliphatic carbocycles. The smallest absolute Gasteiger partial charge is 0.257 e. The molecule has 0 spiro atoms. The molecule has 0 bridgehead atoms. The molecule has 5 aromatic heterocycles. The van der Waals surface area contributed by atoms with Gasteiger partial charge in [-0.2, -0.15) is 0 Å². The molecule has 1 aromatic carbocycles. The van der Waals surface area contributed by atoms with Crippen molar-refractivity contribution in [2.75, 3.05) is 0 Å². The molecule has 1 N–H and O–H groups in total. The van der Waals surface area contributed by atoms with Gasteiger partial charge in [0.1, 0.15) is 5.65 Å². The van der Waals surface area contributed by atoms with Crippen LogP contribution < -0.4 is 5.56 Å². The second kappa shape index (κ2) is 8.13. The lowest BCUT2D eigenvalue weighted by molar-refractivity contribution is 1.23. The first-order chi connectivity index (χ1) is 16.6. The molecule has 164 valence electrons. The summed E-state index contributed by atoms with van der Waals surface area (Å²) in [4.78, 5) is 34.5. The summed E-state index contributed by atoms with van der Waals surface area (Å²) in [7, 11) is 0. The van der Waals surface area contributed by atoms with Crippen molar-refractivity contribution in [3.05, 3.63) is 93.7 Å². The van der Waals surface area contributed by atoms with Crippen LogP contribution in [-0.4, -0.2) is 24.9 Å². The summed E-state index contributed by atoms with van der Waals surface area (Å²) in [6.45, 7) is 1.95. The number of aryl methyl sites for hydroxylation is 1. The molecule has 0 atom stereocenters. The molecule has 0 aliphatic rings. The predicted octanol–water partition coefficient (Wildman–Crippen LogP) is 6.29. The Bertz CT molecular complexity index is 1760. The number of fused-ring (bicyclic) bond motifs is 2. The zero-order valence-electron chi connectivity index (χ0n) is 17.9. The van der Waals surface area contributed by atoms with Crippen LogP contribution in [0.2, 0.25) is 5.02 Å². The second-order valence-electron chi connectivity index (χ2n) is 7.85. The van der Waals surface area contributed by atoms with Crippen LogP contribution in [0.25, 0.3) is 54.8 Å². The number of H-pyrrole nitrogens is 1. The summed E-state index contributed by atoms with van der Waals surface area (Å²) in [5.74, 6) is 0. The standard InChI is InChI=1S/C26H16ClN5OS/c1-14-30-13-22(34-14)24-19(17-9-16-3-2-6-29-23(16)21(27)12-17)10-18-11-20(15-4-7-28-8-5-15)26(33)32-25(18)31-24/h2-13H,1H3,(H,31,32,33). The predicted molar refractivity (Wildman–Crippen MR) is 137 cm³/mol. The van der Waals surface area contributed by atoms with Crippen molar-refractivity contribution in [3.8, 4) is 32.8 Å². The van der Waals surface area contributed by atoms with Gasteiger partial charge in [0.05, 0.1) is 26.1 Å². The maximum absolute atomic E-state index is 12.9. The minimum absolute atomic E-state index is 0.204. The molecule has 0 saturated heterocycles. The SMILES string of the molecule is Cc1ncc(-c2nc3[nH]c(=O)c(-c4ccncc4)cc3cc2-c2cc(Cl)c3ncccc3c2)s1. The van der Waals surface area contributed by atoms with E-state index in [0.29, 0.717) is 16.2 Å². The van der Waals surface area contributed by atoms with E-state index in [1.807, 2.05) is 55.6 Å². The molecule has 34 heavy (non-hydrogen) atoms. The minimum Gasteiger partial charge on any atom is -0.306 e. The molecular weight excluding hydrogens is 466 g/mol. The third-order valence-electron chi connectivity index (χ3n) is 5.64. The van der Waals surface area contributed by atoms with E-state index in [9.17, 15) is 4.79 Å². The van der Waals surface area contributed by atoms with E-state index in [2.05, 4.69) is 26.0 Å². The van der Waals surface area contributed by atoms with Gasteiger partial charge in [-0.15, -0.1) is 11.3 Å². The van der Waals surface area contributed by atoms with Crippen LogP contribution in [0.15, 0.2) is 78.1 Å². The summed E-state index contributed by atoms with van der Waals surface area (Å²) in [6.07, 6.45) is 6.88. The highest BCUT2D eigenvalue weighted by Gasteiger charge is 2.17. The highest BCUT2D eigenvalue weighted by Crippen LogP contribution is 2.38. The second-order valence-corrected chi connectivity index (χ2v) is 9.49. The molecule has 8 heteroatoms. The maximum Gasteiger partial charge on any atom is 0.257 e. The molecule has 0 radical (unpaired) electrons. The van der Waals surface area contributed by atoms with Gasteiger partial charge in [0.25, 0.3) is 5.56 Å². The van der Waals surface area contributed by atoms with Crippen LogP contribution in [0.5, 0.6) is 0 Å². The number of nitrogens with zero attached hydrogens (tertiary/aromatic N) is 4. The lowest BCUT2D eigenvalue weighted by atomic mass is 9.99. The molecule has 5 heterocycles. The quantitative estimate of drug-likeness (QED) is 0.321. The largest absolute Gasteiger partial charge is 0.306 e. The fraction of sp³-hybridized carbons (Fsp3) is 0.0385. The molecule has 0 unspecified atom stereocenters. The fourth-order valence-electron chi connectivity index (χ4n) is 4.06. The lowest BCUT2D eigenvalue weighted by Gasteiger charge is -2.12. The number of hydrogen-bond donors (Lipinski definition) is 1. The highest BCUT2D eigenvalue weighted by atomic mass is 35.5. The van der Waals surface area contributed by atoms with E-state index in [4.69, 9.17) is 16.6 Å². The van der Waals surface area contributed by atoms with Crippen molar-refractivity contribution in [1.82, 2.24) is 24.9 Å². The van der Waals surface area contributed by atoms with Gasteiger partial charge in [0, 0.05) is 46.7 Å². The van der Waals surface area contributed by atoms with Crippen molar-refractivity contribution in [1.29, 1.82) is 0 Å². The summed E-state index contributed by atoms with van der Waals surface area (Å²) >= 11 is 8.17. The van der Waals surface area contributed by atoms with Crippen molar-refractivity contribution in [2.45, 2.75) is 6.92 Å². The van der Waals surface area contributed by atoms with Crippen molar-refractivity contribution in [2.24, 2.45) is 0 Å². The third-order valence-corrected chi connectivity index (χ3v) is 6.85. The topological polar surface area (TPSA) is 84.4 Å². The van der Waals surface area contributed by atoms with E-state index in [0.717, 1.165) is 48.6 Å². The number of hydrogen-bond acceptors (Lipinski definition) is 6. The lowest BCUT2D eigenvalue weighted by Crippen LogP contribution is -2.10. The van der Waals surface area contributed by atoms with Crippen LogP contribution in [0.3, 0.4) is 0 Å². The first kappa shape index (κ1) is 20.7. The van der Waals surface area contributed by atoms with Gasteiger partial charge in [-0.05, 0) is 60.5 Å². The molecular formula is C26H16ClN5OS. The minimum atomic E-state index is -0.204. The first-order valence-corrected chi connectivity index (χ1v) is 11.7. The molecule has 0 saturated carbocycles. The van der Waals surface area contributed by atoms with E-state index in [1.54, 1.807) is 29.9 Å². The Kier molecular flexibility index (Phi) is 4.94. The Morgan fingerprint density at radius 3 is 2.53 bits per heavy atom. The summed E-state index contributed by atoms with van der Waals surface area (Å²) in [5, 5.41) is 3.26. The van der Waals surface area contributed by atoms with Crippen LogP contribution >= 0.6 is 22.9 Å². The number of halogens is 1. The summed E-state index contributed by atoms with van der Waals surface area (Å²) < 4.78 is 0. The van der Waals surface area contributed by atoms with Crippen molar-refractivity contribution < 1.29 is 0 Å². The molecule has 6 nitrogen and oxygen atoms in total. The number of aromatic nitrogens is 5. The van der Waals surface area contributed by atoms with Crippen LogP contribution in [-0.2, 0) is 0 Å². The molecule has 6 rings (SSSR count). The summed E-state index contributed by atoms with van der Waals surface area (Å²) in [6, 6.07) is 15.4. The zero-order chi connectivity index (χ0) is 23.2. The number of pyridine rings is 4. The van der Waals surface area contributed by atoms with Crippen LogP contribution in [0.4, 0.5) is 0 Å². The average Bonchev–Trinajstić information content (AvgIpc) is 3.29. The van der Waals surface area contributed by atoms with Gasteiger partial charge in [0.15, 0.2) is 0 Å². The van der Waals surface area contributed by atoms with E-state index in [-0.39, 0.29) is 5.56 Å². The Labute approximate surface area is 203 Å². The number of nitrogens with one attached hydrogen (secondary N) is 1. The van der Waals surface area contributed by atoms with Gasteiger partial charge < -0.3 is 4.98 Å². The molecule has 0 aliphatic heterocycles. The first-order valence-electron chi connectivity index (χ1n) is 10.5. The Morgan fingerprint density at radius 1 is 0.912 bits per heavy atom. The van der Waals surface area contributed by atoms with Gasteiger partial charge in [-0.25, -0.2) is 9.97 Å². The van der Waals surface area contributed by atoms with E-state index >= 15 is 0 Å². The Hall–Kier alpha value is -3.94. The van der Waals surface area contributed by atoms with Crippen LogP contribution in [0, 0.1) is 6.92 Å².